The van der Waals surface area contributed by atoms with Gasteiger partial charge in [0.2, 0.25) is 0 Å². The van der Waals surface area contributed by atoms with Gasteiger partial charge in [-0.25, -0.2) is 14.6 Å². The van der Waals surface area contributed by atoms with Crippen LogP contribution in [0.15, 0.2) is 36.7 Å². The van der Waals surface area contributed by atoms with E-state index in [0.29, 0.717) is 11.5 Å². The van der Waals surface area contributed by atoms with Gasteiger partial charge in [0.1, 0.15) is 0 Å². The highest BCUT2D eigenvalue weighted by molar-refractivity contribution is 6.05. The van der Waals surface area contributed by atoms with Gasteiger partial charge in [0.15, 0.2) is 17.3 Å². The van der Waals surface area contributed by atoms with Gasteiger partial charge in [0.05, 0.1) is 0 Å². The molecule has 22 heavy (non-hydrogen) atoms. The average Bonchev–Trinajstić information content (AvgIpc) is 2.94. The number of aromatic nitrogens is 6. The van der Waals surface area contributed by atoms with Crippen molar-refractivity contribution in [2.45, 2.75) is 0 Å². The quantitative estimate of drug-likeness (QED) is 0.721. The van der Waals surface area contributed by atoms with Crippen molar-refractivity contribution in [2.75, 3.05) is 11.1 Å². The van der Waals surface area contributed by atoms with Crippen LogP contribution >= 0.6 is 0 Å². The molecule has 3 aromatic rings. The van der Waals surface area contributed by atoms with Gasteiger partial charge < -0.3 is 11.1 Å². The van der Waals surface area contributed by atoms with Gasteiger partial charge in [-0.3, -0.25) is 4.79 Å². The van der Waals surface area contributed by atoms with Crippen LogP contribution in [0.25, 0.3) is 11.4 Å². The van der Waals surface area contributed by atoms with E-state index in [4.69, 9.17) is 5.73 Å². The van der Waals surface area contributed by atoms with Crippen LogP contribution in [0.1, 0.15) is 10.5 Å². The van der Waals surface area contributed by atoms with Crippen LogP contribution in [0.3, 0.4) is 0 Å². The molecular weight excluding hydrogens is 284 g/mol. The largest absolute Gasteiger partial charge is 0.382 e. The molecule has 0 aliphatic heterocycles. The second-order valence-corrected chi connectivity index (χ2v) is 4.45. The van der Waals surface area contributed by atoms with Gasteiger partial charge in [-0.15, -0.1) is 5.10 Å². The molecular formula is C13H12N8O. The van der Waals surface area contributed by atoms with Gasteiger partial charge in [0.25, 0.3) is 5.91 Å². The van der Waals surface area contributed by atoms with Crippen LogP contribution in [0, 0.1) is 0 Å². The maximum Gasteiger partial charge on any atom is 0.278 e. The number of carbonyl (C=O) groups excluding carboxylic acids is 1. The molecule has 3 N–H and O–H groups in total. The number of tetrazole rings is 1. The number of nitrogens with two attached hydrogens (primary N) is 1. The summed E-state index contributed by atoms with van der Waals surface area (Å²) in [6, 6.07) is 7.14. The third-order valence-electron chi connectivity index (χ3n) is 2.94. The predicted molar refractivity (Wildman–Crippen MR) is 78.6 cm³/mol. The summed E-state index contributed by atoms with van der Waals surface area (Å²) < 4.78 is 1.54. The maximum absolute atomic E-state index is 12.2. The first-order chi connectivity index (χ1) is 10.6. The fourth-order valence-electron chi connectivity index (χ4n) is 1.92. The van der Waals surface area contributed by atoms with E-state index in [9.17, 15) is 4.79 Å². The highest BCUT2D eigenvalue weighted by Crippen LogP contribution is 2.20. The molecule has 0 spiro atoms. The predicted octanol–water partition coefficient (Wildman–Crippen LogP) is 0.502. The molecule has 0 bridgehead atoms. The summed E-state index contributed by atoms with van der Waals surface area (Å²) in [5, 5.41) is 14.0. The van der Waals surface area contributed by atoms with E-state index >= 15 is 0 Å². The van der Waals surface area contributed by atoms with Crippen molar-refractivity contribution in [1.82, 2.24) is 30.2 Å². The van der Waals surface area contributed by atoms with Gasteiger partial charge in [-0.2, -0.15) is 0 Å². The zero-order chi connectivity index (χ0) is 15.5. The summed E-state index contributed by atoms with van der Waals surface area (Å²) in [5.74, 6) is 0.239. The lowest BCUT2D eigenvalue weighted by atomic mass is 10.2. The van der Waals surface area contributed by atoms with Crippen LogP contribution in [-0.4, -0.2) is 36.1 Å². The molecule has 0 radical (unpaired) electrons. The monoisotopic (exact) mass is 296 g/mol. The number of aryl methyl sites for hydroxylation is 1. The van der Waals surface area contributed by atoms with Crippen molar-refractivity contribution in [2.24, 2.45) is 7.05 Å². The minimum atomic E-state index is -0.432. The van der Waals surface area contributed by atoms with E-state index in [1.54, 1.807) is 29.9 Å². The van der Waals surface area contributed by atoms with Crippen molar-refractivity contribution in [3.8, 4) is 11.4 Å². The molecule has 0 unspecified atom stereocenters. The Balaban J connectivity index is 1.86. The van der Waals surface area contributed by atoms with Crippen molar-refractivity contribution >= 4 is 17.4 Å². The van der Waals surface area contributed by atoms with Crippen LogP contribution in [0.4, 0.5) is 11.5 Å². The number of benzene rings is 1. The Hall–Kier alpha value is -3.36. The lowest BCUT2D eigenvalue weighted by molar-refractivity contribution is 0.102. The highest BCUT2D eigenvalue weighted by atomic mass is 16.1. The summed E-state index contributed by atoms with van der Waals surface area (Å²) in [6.07, 6.45) is 2.83. The molecule has 0 saturated carbocycles. The van der Waals surface area contributed by atoms with E-state index in [-0.39, 0.29) is 11.5 Å². The number of nitrogens with zero attached hydrogens (tertiary/aromatic N) is 6. The molecule has 9 heteroatoms. The van der Waals surface area contributed by atoms with Crippen LogP contribution in [-0.2, 0) is 7.05 Å². The Kier molecular flexibility index (Phi) is 3.44. The van der Waals surface area contributed by atoms with Crippen molar-refractivity contribution in [3.05, 3.63) is 42.4 Å². The second kappa shape index (κ2) is 5.56. The zero-order valence-electron chi connectivity index (χ0n) is 11.6. The average molecular weight is 296 g/mol. The van der Waals surface area contributed by atoms with Crippen molar-refractivity contribution in [3.63, 3.8) is 0 Å². The van der Waals surface area contributed by atoms with Gasteiger partial charge in [0, 0.05) is 30.7 Å². The number of nitrogen functional groups attached to an aromatic ring is 1. The van der Waals surface area contributed by atoms with E-state index in [2.05, 4.69) is 30.8 Å². The molecule has 0 fully saturated rings. The molecule has 2 heterocycles. The minimum absolute atomic E-state index is 0.0771. The molecule has 9 nitrogen and oxygen atoms in total. The Bertz CT molecular complexity index is 828. The first-order valence-corrected chi connectivity index (χ1v) is 6.36. The summed E-state index contributed by atoms with van der Waals surface area (Å²) in [4.78, 5) is 19.9. The molecule has 110 valence electrons. The number of hydrogen-bond acceptors (Lipinski definition) is 7. The summed E-state index contributed by atoms with van der Waals surface area (Å²) in [7, 11) is 1.74. The van der Waals surface area contributed by atoms with Crippen LogP contribution < -0.4 is 11.1 Å². The molecule has 0 aliphatic rings. The van der Waals surface area contributed by atoms with E-state index < -0.39 is 5.91 Å². The normalized spacial score (nSPS) is 10.4. The fraction of sp³-hybridized carbons (Fsp3) is 0.0769. The molecule has 3 rings (SSSR count). The molecule has 2 aromatic heterocycles. The third-order valence-corrected chi connectivity index (χ3v) is 2.94. The lowest BCUT2D eigenvalue weighted by Crippen LogP contribution is -2.16. The topological polar surface area (TPSA) is 124 Å². The Labute approximate surface area is 125 Å². The molecule has 0 aliphatic carbocycles. The van der Waals surface area contributed by atoms with E-state index in [1.165, 1.54) is 12.4 Å². The van der Waals surface area contributed by atoms with Gasteiger partial charge in [-0.1, -0.05) is 12.1 Å². The fourth-order valence-corrected chi connectivity index (χ4v) is 1.92. The van der Waals surface area contributed by atoms with Crippen LogP contribution in [0.2, 0.25) is 0 Å². The number of carbonyl (C=O) groups is 1. The summed E-state index contributed by atoms with van der Waals surface area (Å²) >= 11 is 0. The van der Waals surface area contributed by atoms with Crippen molar-refractivity contribution < 1.29 is 4.79 Å². The molecule has 1 aromatic carbocycles. The SMILES string of the molecule is Cn1nnnc1-c1cccc(NC(=O)c2nccnc2N)c1. The smallest absolute Gasteiger partial charge is 0.278 e. The van der Waals surface area contributed by atoms with E-state index in [1.807, 2.05) is 6.07 Å². The second-order valence-electron chi connectivity index (χ2n) is 4.45. The van der Waals surface area contributed by atoms with Gasteiger partial charge in [-0.05, 0) is 22.6 Å². The first-order valence-electron chi connectivity index (χ1n) is 6.36. The Morgan fingerprint density at radius 1 is 1.27 bits per heavy atom. The lowest BCUT2D eigenvalue weighted by Gasteiger charge is -2.07. The van der Waals surface area contributed by atoms with Crippen LogP contribution in [0.5, 0.6) is 0 Å². The number of anilines is 2. The number of hydrogen-bond donors (Lipinski definition) is 2. The summed E-state index contributed by atoms with van der Waals surface area (Å²) in [5.41, 5.74) is 7.07. The molecule has 0 atom stereocenters. The van der Waals surface area contributed by atoms with Crippen molar-refractivity contribution in [1.29, 1.82) is 0 Å². The van der Waals surface area contributed by atoms with E-state index in [0.717, 1.165) is 5.56 Å². The standard InChI is InChI=1S/C13H12N8O/c1-21-12(18-19-20-21)8-3-2-4-9(7-8)17-13(22)10-11(14)16-6-5-15-10/h2-7H,1H3,(H2,14,16)(H,17,22). The summed E-state index contributed by atoms with van der Waals surface area (Å²) in [6.45, 7) is 0. The molecule has 1 amide bonds. The zero-order valence-corrected chi connectivity index (χ0v) is 11.6. The third kappa shape index (κ3) is 2.59. The number of nitrogens with one attached hydrogen (secondary N) is 1. The maximum atomic E-state index is 12.2. The Morgan fingerprint density at radius 3 is 2.82 bits per heavy atom. The minimum Gasteiger partial charge on any atom is -0.382 e. The number of amides is 1. The Morgan fingerprint density at radius 2 is 2.09 bits per heavy atom. The van der Waals surface area contributed by atoms with Gasteiger partial charge >= 0.3 is 0 Å². The number of rotatable bonds is 3. The first kappa shape index (κ1) is 13.6. The molecule has 0 saturated heterocycles. The highest BCUT2D eigenvalue weighted by Gasteiger charge is 2.13.